The fraction of sp³-hybridized carbons (Fsp3) is 0.154. The van der Waals surface area contributed by atoms with Crippen molar-refractivity contribution in [2.75, 3.05) is 0 Å². The van der Waals surface area contributed by atoms with Crippen LogP contribution in [0, 0.1) is 0 Å². The first kappa shape index (κ1) is 8.48. The molecule has 0 aliphatic carbocycles. The van der Waals surface area contributed by atoms with Gasteiger partial charge in [0.25, 0.3) is 5.91 Å². The molecule has 0 spiro atoms. The summed E-state index contributed by atoms with van der Waals surface area (Å²) >= 11 is 0. The summed E-state index contributed by atoms with van der Waals surface area (Å²) < 4.78 is 1.81. The van der Waals surface area contributed by atoms with E-state index in [4.69, 9.17) is 0 Å². The number of fused-ring (bicyclic) bond motifs is 3. The number of hydrogen-bond donors (Lipinski definition) is 0. The Morgan fingerprint density at radius 3 is 2.60 bits per heavy atom. The maximum Gasteiger partial charge on any atom is 0.258 e. The van der Waals surface area contributed by atoms with Crippen LogP contribution < -0.4 is 0 Å². The van der Waals surface area contributed by atoms with E-state index in [9.17, 15) is 4.79 Å². The first-order valence-corrected chi connectivity index (χ1v) is 5.03. The average Bonchev–Trinajstić information content (AvgIpc) is 2.72. The van der Waals surface area contributed by atoms with Gasteiger partial charge < -0.3 is 0 Å². The molecule has 0 amide bonds. The van der Waals surface area contributed by atoms with Gasteiger partial charge in [0, 0.05) is 11.0 Å². The number of benzene rings is 1. The Morgan fingerprint density at radius 1 is 1.07 bits per heavy atom. The minimum Gasteiger partial charge on any atom is -0.276 e. The predicted molar refractivity (Wildman–Crippen MR) is 60.8 cm³/mol. The lowest BCUT2D eigenvalue weighted by atomic mass is 10.1. The van der Waals surface area contributed by atoms with Gasteiger partial charge in [-0.3, -0.25) is 9.36 Å². The quantitative estimate of drug-likeness (QED) is 0.636. The van der Waals surface area contributed by atoms with Crippen molar-refractivity contribution < 1.29 is 4.79 Å². The summed E-state index contributed by atoms with van der Waals surface area (Å²) in [6, 6.07) is 10.1. The summed E-state index contributed by atoms with van der Waals surface area (Å²) in [5.41, 5.74) is 4.00. The highest BCUT2D eigenvalue weighted by atomic mass is 16.2. The SMILES string of the molecule is CC1=C(C)c2cc3ccccc3n2C1=O. The number of aromatic nitrogens is 1. The molecule has 0 atom stereocenters. The molecule has 0 bridgehead atoms. The van der Waals surface area contributed by atoms with Crippen molar-refractivity contribution in [3.05, 3.63) is 41.6 Å². The molecule has 0 saturated carbocycles. The van der Waals surface area contributed by atoms with E-state index in [0.717, 1.165) is 27.7 Å². The van der Waals surface area contributed by atoms with Gasteiger partial charge in [-0.1, -0.05) is 18.2 Å². The predicted octanol–water partition coefficient (Wildman–Crippen LogP) is 3.09. The molecule has 2 aromatic rings. The van der Waals surface area contributed by atoms with Crippen LogP contribution in [-0.4, -0.2) is 10.5 Å². The third kappa shape index (κ3) is 0.911. The molecule has 0 N–H and O–H groups in total. The van der Waals surface area contributed by atoms with Gasteiger partial charge in [0.1, 0.15) is 0 Å². The van der Waals surface area contributed by atoms with Crippen LogP contribution >= 0.6 is 0 Å². The fourth-order valence-corrected chi connectivity index (χ4v) is 2.17. The van der Waals surface area contributed by atoms with E-state index in [-0.39, 0.29) is 5.91 Å². The van der Waals surface area contributed by atoms with Crippen molar-refractivity contribution >= 4 is 22.4 Å². The van der Waals surface area contributed by atoms with Crippen molar-refractivity contribution in [2.24, 2.45) is 0 Å². The molecule has 0 fully saturated rings. The molecule has 1 aromatic carbocycles. The molecule has 74 valence electrons. The molecule has 2 heterocycles. The Labute approximate surface area is 87.8 Å². The Morgan fingerprint density at radius 2 is 1.80 bits per heavy atom. The zero-order chi connectivity index (χ0) is 10.6. The van der Waals surface area contributed by atoms with Gasteiger partial charge in [-0.15, -0.1) is 0 Å². The van der Waals surface area contributed by atoms with Crippen molar-refractivity contribution in [1.82, 2.24) is 4.57 Å². The molecule has 2 heteroatoms. The first-order valence-electron chi connectivity index (χ1n) is 5.03. The summed E-state index contributed by atoms with van der Waals surface area (Å²) in [4.78, 5) is 12.0. The van der Waals surface area contributed by atoms with Gasteiger partial charge in [-0.2, -0.15) is 0 Å². The number of rotatable bonds is 0. The summed E-state index contributed by atoms with van der Waals surface area (Å²) in [5, 5.41) is 1.13. The number of hydrogen-bond acceptors (Lipinski definition) is 1. The standard InChI is InChI=1S/C13H11NO/c1-8-9(2)13(15)14-11-6-4-3-5-10(11)7-12(8)14/h3-7H,1-2H3. The number of carbonyl (C=O) groups is 1. The van der Waals surface area contributed by atoms with Gasteiger partial charge in [0.05, 0.1) is 11.2 Å². The number of allylic oxidation sites excluding steroid dienone is 2. The Bertz CT molecular complexity index is 616. The van der Waals surface area contributed by atoms with E-state index in [0.29, 0.717) is 0 Å². The highest BCUT2D eigenvalue weighted by molar-refractivity contribution is 6.12. The fourth-order valence-electron chi connectivity index (χ4n) is 2.17. The Balaban J connectivity index is 2.47. The van der Waals surface area contributed by atoms with Crippen LogP contribution in [0.3, 0.4) is 0 Å². The maximum absolute atomic E-state index is 12.0. The molecular weight excluding hydrogens is 186 g/mol. The van der Waals surface area contributed by atoms with Crippen LogP contribution in [0.4, 0.5) is 0 Å². The summed E-state index contributed by atoms with van der Waals surface area (Å²) in [5.74, 6) is 0.115. The second-order valence-electron chi connectivity index (χ2n) is 3.98. The van der Waals surface area contributed by atoms with Crippen LogP contribution in [0.15, 0.2) is 35.9 Å². The number of para-hydroxylation sites is 1. The van der Waals surface area contributed by atoms with Gasteiger partial charge in [-0.25, -0.2) is 0 Å². The molecule has 0 unspecified atom stereocenters. The van der Waals surface area contributed by atoms with Gasteiger partial charge >= 0.3 is 0 Å². The molecular formula is C13H11NO. The highest BCUT2D eigenvalue weighted by Crippen LogP contribution is 2.32. The van der Waals surface area contributed by atoms with Crippen molar-refractivity contribution in [2.45, 2.75) is 13.8 Å². The van der Waals surface area contributed by atoms with Gasteiger partial charge in [0.2, 0.25) is 0 Å². The minimum absolute atomic E-state index is 0.115. The van der Waals surface area contributed by atoms with Crippen LogP contribution in [0.5, 0.6) is 0 Å². The van der Waals surface area contributed by atoms with E-state index in [1.54, 1.807) is 4.57 Å². The van der Waals surface area contributed by atoms with Crippen LogP contribution in [0.25, 0.3) is 16.5 Å². The third-order valence-corrected chi connectivity index (χ3v) is 3.18. The summed E-state index contributed by atoms with van der Waals surface area (Å²) in [7, 11) is 0. The second kappa shape index (κ2) is 2.60. The van der Waals surface area contributed by atoms with Crippen molar-refractivity contribution in [3.8, 4) is 0 Å². The van der Waals surface area contributed by atoms with Crippen LogP contribution in [-0.2, 0) is 0 Å². The third-order valence-electron chi connectivity index (χ3n) is 3.18. The Hall–Kier alpha value is -1.83. The van der Waals surface area contributed by atoms with Crippen molar-refractivity contribution in [1.29, 1.82) is 0 Å². The lowest BCUT2D eigenvalue weighted by Crippen LogP contribution is -2.06. The number of nitrogens with zero attached hydrogens (tertiary/aromatic N) is 1. The van der Waals surface area contributed by atoms with Crippen molar-refractivity contribution in [3.63, 3.8) is 0 Å². The minimum atomic E-state index is 0.115. The van der Waals surface area contributed by atoms with E-state index in [2.05, 4.69) is 6.07 Å². The maximum atomic E-state index is 12.0. The van der Waals surface area contributed by atoms with E-state index in [1.807, 2.05) is 38.1 Å². The van der Waals surface area contributed by atoms with Gasteiger partial charge in [-0.05, 0) is 31.6 Å². The van der Waals surface area contributed by atoms with E-state index >= 15 is 0 Å². The molecule has 0 saturated heterocycles. The molecule has 1 aromatic heterocycles. The largest absolute Gasteiger partial charge is 0.276 e. The van der Waals surface area contributed by atoms with Gasteiger partial charge in [0.15, 0.2) is 0 Å². The lowest BCUT2D eigenvalue weighted by molar-refractivity contribution is 0.0966. The smallest absolute Gasteiger partial charge is 0.258 e. The summed E-state index contributed by atoms with van der Waals surface area (Å²) in [6.45, 7) is 3.89. The molecule has 1 aliphatic rings. The number of carbonyl (C=O) groups excluding carboxylic acids is 1. The van der Waals surface area contributed by atoms with E-state index < -0.39 is 0 Å². The zero-order valence-electron chi connectivity index (χ0n) is 8.74. The molecule has 1 aliphatic heterocycles. The molecule has 0 radical (unpaired) electrons. The highest BCUT2D eigenvalue weighted by Gasteiger charge is 2.25. The molecule has 3 rings (SSSR count). The second-order valence-corrected chi connectivity index (χ2v) is 3.98. The normalized spacial score (nSPS) is 15.2. The topological polar surface area (TPSA) is 22.0 Å². The first-order chi connectivity index (χ1) is 7.20. The lowest BCUT2D eigenvalue weighted by Gasteiger charge is -1.98. The molecule has 15 heavy (non-hydrogen) atoms. The summed E-state index contributed by atoms with van der Waals surface area (Å²) in [6.07, 6.45) is 0. The molecule has 2 nitrogen and oxygen atoms in total. The van der Waals surface area contributed by atoms with E-state index in [1.165, 1.54) is 0 Å². The van der Waals surface area contributed by atoms with Crippen LogP contribution in [0.1, 0.15) is 24.3 Å². The monoisotopic (exact) mass is 197 g/mol. The average molecular weight is 197 g/mol. The Kier molecular flexibility index (Phi) is 1.47. The van der Waals surface area contributed by atoms with Crippen LogP contribution in [0.2, 0.25) is 0 Å². The zero-order valence-corrected chi connectivity index (χ0v) is 8.74.